The van der Waals surface area contributed by atoms with Crippen LogP contribution in [0.3, 0.4) is 0 Å². The summed E-state index contributed by atoms with van der Waals surface area (Å²) in [5.41, 5.74) is 1.75. The molecule has 11 nitrogen and oxygen atoms in total. The summed E-state index contributed by atoms with van der Waals surface area (Å²) in [6.07, 6.45) is 0. The molecular formula is C31H33Cl2N5O6S. The van der Waals surface area contributed by atoms with E-state index in [1.54, 1.807) is 31.2 Å². The van der Waals surface area contributed by atoms with Crippen molar-refractivity contribution >= 4 is 51.0 Å². The lowest BCUT2D eigenvalue weighted by molar-refractivity contribution is -0.123. The maximum Gasteiger partial charge on any atom is 0.326 e. The van der Waals surface area contributed by atoms with Crippen molar-refractivity contribution in [3.63, 3.8) is 0 Å². The van der Waals surface area contributed by atoms with Crippen molar-refractivity contribution in [2.75, 3.05) is 47.4 Å². The van der Waals surface area contributed by atoms with Crippen molar-refractivity contribution < 1.29 is 27.5 Å². The van der Waals surface area contributed by atoms with Gasteiger partial charge in [-0.3, -0.25) is 14.7 Å². The van der Waals surface area contributed by atoms with Crippen LogP contribution in [0.25, 0.3) is 0 Å². The van der Waals surface area contributed by atoms with Crippen LogP contribution in [0.15, 0.2) is 70.6 Å². The number of carbonyl (C=O) groups excluding carboxylic acids is 2. The minimum atomic E-state index is -4.01. The minimum Gasteiger partial charge on any atom is -0.495 e. The Labute approximate surface area is 272 Å². The molecule has 3 aromatic rings. The largest absolute Gasteiger partial charge is 0.495 e. The van der Waals surface area contributed by atoms with Gasteiger partial charge in [0.25, 0.3) is 0 Å². The van der Waals surface area contributed by atoms with Crippen molar-refractivity contribution in [1.82, 2.24) is 19.4 Å². The van der Waals surface area contributed by atoms with Gasteiger partial charge in [0.05, 0.1) is 25.3 Å². The summed E-state index contributed by atoms with van der Waals surface area (Å²) in [5, 5.41) is 3.79. The van der Waals surface area contributed by atoms with E-state index < -0.39 is 28.1 Å². The SMILES string of the molecule is CCOc1cc(OC)c(S(=O)(=O)N(C)C)cc1C1=NC(c2ccc(Cl)cc2)C(c2ccc(Cl)cc2)N1C(=O)N1CCNC(=O)C1. The Bertz CT molecular complexity index is 1730. The molecule has 1 saturated heterocycles. The van der Waals surface area contributed by atoms with E-state index >= 15 is 0 Å². The smallest absolute Gasteiger partial charge is 0.326 e. The van der Waals surface area contributed by atoms with Crippen LogP contribution in [0.5, 0.6) is 11.5 Å². The van der Waals surface area contributed by atoms with Crippen LogP contribution in [0, 0.1) is 0 Å². The molecule has 0 aliphatic carbocycles. The number of amides is 3. The first kappa shape index (κ1) is 32.6. The van der Waals surface area contributed by atoms with E-state index in [0.717, 1.165) is 15.4 Å². The number of piperazine rings is 1. The van der Waals surface area contributed by atoms with E-state index in [9.17, 15) is 18.0 Å². The number of hydrogen-bond acceptors (Lipinski definition) is 7. The number of sulfonamides is 1. The van der Waals surface area contributed by atoms with Crippen molar-refractivity contribution in [3.05, 3.63) is 87.4 Å². The molecule has 1 fully saturated rings. The van der Waals surface area contributed by atoms with Crippen molar-refractivity contribution in [2.45, 2.75) is 23.9 Å². The topological polar surface area (TPSA) is 121 Å². The quantitative estimate of drug-likeness (QED) is 0.369. The second-order valence-electron chi connectivity index (χ2n) is 10.6. The molecule has 0 radical (unpaired) electrons. The molecule has 2 atom stereocenters. The fourth-order valence-corrected chi connectivity index (χ4v) is 6.67. The highest BCUT2D eigenvalue weighted by Crippen LogP contribution is 2.46. The zero-order chi connectivity index (χ0) is 32.5. The van der Waals surface area contributed by atoms with E-state index in [2.05, 4.69) is 5.32 Å². The lowest BCUT2D eigenvalue weighted by atomic mass is 9.93. The van der Waals surface area contributed by atoms with E-state index in [1.807, 2.05) is 24.3 Å². The molecule has 3 aromatic carbocycles. The molecule has 5 rings (SSSR count). The second-order valence-corrected chi connectivity index (χ2v) is 13.6. The highest BCUT2D eigenvalue weighted by molar-refractivity contribution is 7.89. The third-order valence-electron chi connectivity index (χ3n) is 7.57. The van der Waals surface area contributed by atoms with E-state index in [0.29, 0.717) is 10.0 Å². The number of ether oxygens (including phenoxy) is 2. The van der Waals surface area contributed by atoms with E-state index in [-0.39, 0.29) is 59.9 Å². The third kappa shape index (κ3) is 6.46. The van der Waals surface area contributed by atoms with Gasteiger partial charge in [-0.15, -0.1) is 0 Å². The predicted octanol–water partition coefficient (Wildman–Crippen LogP) is 4.75. The maximum atomic E-state index is 14.5. The molecule has 3 amide bonds. The Morgan fingerprint density at radius 3 is 2.20 bits per heavy atom. The first-order valence-corrected chi connectivity index (χ1v) is 16.4. The lowest BCUT2D eigenvalue weighted by Crippen LogP contribution is -2.55. The van der Waals surface area contributed by atoms with Gasteiger partial charge < -0.3 is 19.7 Å². The van der Waals surface area contributed by atoms with E-state index in [4.69, 9.17) is 37.7 Å². The summed E-state index contributed by atoms with van der Waals surface area (Å²) in [4.78, 5) is 34.9. The van der Waals surface area contributed by atoms with Gasteiger partial charge in [-0.25, -0.2) is 17.5 Å². The molecule has 2 heterocycles. The van der Waals surface area contributed by atoms with Gasteiger partial charge in [0.1, 0.15) is 34.8 Å². The van der Waals surface area contributed by atoms with Gasteiger partial charge in [-0.1, -0.05) is 47.5 Å². The molecule has 0 spiro atoms. The van der Waals surface area contributed by atoms with Crippen LogP contribution < -0.4 is 14.8 Å². The Balaban J connectivity index is 1.80. The van der Waals surface area contributed by atoms with Crippen molar-refractivity contribution in [2.24, 2.45) is 4.99 Å². The number of nitrogens with one attached hydrogen (secondary N) is 1. The number of halogens is 2. The fraction of sp³-hybridized carbons (Fsp3) is 0.323. The summed E-state index contributed by atoms with van der Waals surface area (Å²) in [6.45, 7) is 2.44. The Morgan fingerprint density at radius 2 is 1.64 bits per heavy atom. The molecule has 2 aliphatic rings. The first-order valence-electron chi connectivity index (χ1n) is 14.2. The normalized spacial score (nSPS) is 18.6. The number of aliphatic imine (C=N–C) groups is 1. The minimum absolute atomic E-state index is 0.0728. The highest BCUT2D eigenvalue weighted by Gasteiger charge is 2.45. The van der Waals surface area contributed by atoms with Crippen LogP contribution >= 0.6 is 23.2 Å². The molecular weight excluding hydrogens is 641 g/mol. The molecule has 0 saturated carbocycles. The molecule has 1 N–H and O–H groups in total. The Morgan fingerprint density at radius 1 is 1.02 bits per heavy atom. The number of nitrogens with zero attached hydrogens (tertiary/aromatic N) is 4. The van der Waals surface area contributed by atoms with Gasteiger partial charge in [-0.2, -0.15) is 0 Å². The molecule has 0 bridgehead atoms. The number of urea groups is 1. The zero-order valence-electron chi connectivity index (χ0n) is 25.2. The van der Waals surface area contributed by atoms with Crippen LogP contribution in [0.2, 0.25) is 10.0 Å². The summed E-state index contributed by atoms with van der Waals surface area (Å²) >= 11 is 12.5. The van der Waals surface area contributed by atoms with Crippen LogP contribution in [0.1, 0.15) is 35.7 Å². The summed E-state index contributed by atoms with van der Waals surface area (Å²) in [5.74, 6) is 0.228. The number of hydrogen-bond donors (Lipinski definition) is 1. The summed E-state index contributed by atoms with van der Waals surface area (Å²) < 4.78 is 39.5. The number of rotatable bonds is 8. The Kier molecular flexibility index (Phi) is 9.59. The monoisotopic (exact) mass is 673 g/mol. The molecule has 2 aliphatic heterocycles. The first-order chi connectivity index (χ1) is 21.5. The molecule has 0 aromatic heterocycles. The van der Waals surface area contributed by atoms with Crippen LogP contribution in [0.4, 0.5) is 4.79 Å². The lowest BCUT2D eigenvalue weighted by Gasteiger charge is -2.36. The number of benzene rings is 3. The summed E-state index contributed by atoms with van der Waals surface area (Å²) in [6, 6.07) is 15.3. The Hall–Kier alpha value is -3.84. The molecule has 45 heavy (non-hydrogen) atoms. The molecule has 238 valence electrons. The number of amidine groups is 1. The third-order valence-corrected chi connectivity index (χ3v) is 9.91. The van der Waals surface area contributed by atoms with Crippen LogP contribution in [-0.4, -0.2) is 87.7 Å². The predicted molar refractivity (Wildman–Crippen MR) is 172 cm³/mol. The standard InChI is InChI=1S/C31H33Cl2N5O6S/c1-5-44-24-17-25(43-4)26(45(41,42)36(2)3)16-23(24)30-35-28(19-6-10-21(32)11-7-19)29(20-8-12-22(33)13-9-20)38(30)31(40)37-15-14-34-27(39)18-37/h6-13,16-17,28-29H,5,14-15,18H2,1-4H3,(H,34,39). The highest BCUT2D eigenvalue weighted by atomic mass is 35.5. The fourth-order valence-electron chi connectivity index (χ4n) is 5.36. The van der Waals surface area contributed by atoms with Gasteiger partial charge in [0, 0.05) is 43.3 Å². The van der Waals surface area contributed by atoms with Gasteiger partial charge in [0.15, 0.2) is 0 Å². The molecule has 2 unspecified atom stereocenters. The maximum absolute atomic E-state index is 14.5. The second kappa shape index (κ2) is 13.3. The van der Waals surface area contributed by atoms with Gasteiger partial charge in [-0.05, 0) is 48.4 Å². The summed E-state index contributed by atoms with van der Waals surface area (Å²) in [7, 11) is 0.202. The number of methoxy groups -OCH3 is 1. The number of carbonyl (C=O) groups is 2. The average Bonchev–Trinajstić information content (AvgIpc) is 3.41. The zero-order valence-corrected chi connectivity index (χ0v) is 27.5. The van der Waals surface area contributed by atoms with Gasteiger partial charge in [0.2, 0.25) is 15.9 Å². The van der Waals surface area contributed by atoms with Crippen molar-refractivity contribution in [1.29, 1.82) is 0 Å². The molecule has 14 heteroatoms. The average molecular weight is 675 g/mol. The van der Waals surface area contributed by atoms with Crippen molar-refractivity contribution in [3.8, 4) is 11.5 Å². The van der Waals surface area contributed by atoms with E-state index in [1.165, 1.54) is 43.1 Å². The van der Waals surface area contributed by atoms with Gasteiger partial charge >= 0.3 is 6.03 Å². The van der Waals surface area contributed by atoms with Crippen LogP contribution in [-0.2, 0) is 14.8 Å².